The van der Waals surface area contributed by atoms with Gasteiger partial charge in [-0.15, -0.1) is 0 Å². The van der Waals surface area contributed by atoms with Crippen molar-refractivity contribution in [3.8, 4) is 6.07 Å². The normalized spacial score (nSPS) is 24.5. The lowest BCUT2D eigenvalue weighted by Crippen LogP contribution is -2.32. The maximum atomic E-state index is 10.7. The van der Waals surface area contributed by atoms with Gasteiger partial charge >= 0.3 is 0 Å². The monoisotopic (exact) mass is 138 g/mol. The number of nitrogens with one attached hydrogen (secondary N) is 1. The highest BCUT2D eigenvalue weighted by Crippen LogP contribution is 2.09. The molecule has 1 unspecified atom stereocenters. The number of aliphatic hydroxyl groups excluding tert-OH is 1. The van der Waals surface area contributed by atoms with Crippen LogP contribution < -0.4 is 5.32 Å². The maximum absolute atomic E-state index is 10.7. The Balaban J connectivity index is 2.72. The second-order valence-corrected chi connectivity index (χ2v) is 2.00. The molecule has 0 fully saturated rings. The lowest BCUT2D eigenvalue weighted by atomic mass is 10.0. The summed E-state index contributed by atoms with van der Waals surface area (Å²) in [5.41, 5.74) is 0. The summed E-state index contributed by atoms with van der Waals surface area (Å²) in [4.78, 5) is 10.7. The van der Waals surface area contributed by atoms with Crippen LogP contribution in [-0.2, 0) is 4.79 Å². The first kappa shape index (κ1) is 6.62. The molecule has 52 valence electrons. The number of carbonyl (C=O) groups is 1. The van der Waals surface area contributed by atoms with Gasteiger partial charge in [0.1, 0.15) is 5.92 Å². The fourth-order valence-electron chi connectivity index (χ4n) is 0.712. The van der Waals surface area contributed by atoms with E-state index in [0.29, 0.717) is 6.42 Å². The largest absolute Gasteiger partial charge is 0.495 e. The van der Waals surface area contributed by atoms with E-state index >= 15 is 0 Å². The fourth-order valence-corrected chi connectivity index (χ4v) is 0.712. The number of allylic oxidation sites excluding steroid dienone is 1. The first-order chi connectivity index (χ1) is 4.74. The predicted molar refractivity (Wildman–Crippen MR) is 32.6 cm³/mol. The van der Waals surface area contributed by atoms with Crippen LogP contribution in [0.15, 0.2) is 12.0 Å². The van der Waals surface area contributed by atoms with Crippen LogP contribution >= 0.6 is 0 Å². The Morgan fingerprint density at radius 1 is 1.90 bits per heavy atom. The number of hydrogen-bond donors (Lipinski definition) is 2. The number of amides is 1. The van der Waals surface area contributed by atoms with E-state index in [4.69, 9.17) is 10.4 Å². The average molecular weight is 138 g/mol. The lowest BCUT2D eigenvalue weighted by Gasteiger charge is -2.12. The Morgan fingerprint density at radius 3 is 3.10 bits per heavy atom. The molecule has 1 heterocycles. The van der Waals surface area contributed by atoms with E-state index in [-0.39, 0.29) is 5.88 Å². The lowest BCUT2D eigenvalue weighted by molar-refractivity contribution is -0.123. The van der Waals surface area contributed by atoms with Crippen molar-refractivity contribution in [2.45, 2.75) is 6.42 Å². The van der Waals surface area contributed by atoms with Crippen LogP contribution in [0.25, 0.3) is 0 Å². The number of nitrogens with zero attached hydrogens (tertiary/aromatic N) is 1. The fraction of sp³-hybridized carbons (Fsp3) is 0.333. The maximum Gasteiger partial charge on any atom is 0.244 e. The highest BCUT2D eigenvalue weighted by molar-refractivity contribution is 5.83. The minimum atomic E-state index is -0.643. The van der Waals surface area contributed by atoms with Crippen molar-refractivity contribution in [3.05, 3.63) is 12.0 Å². The van der Waals surface area contributed by atoms with E-state index in [1.165, 1.54) is 6.08 Å². The molecule has 0 saturated heterocycles. The quantitative estimate of drug-likeness (QED) is 0.496. The van der Waals surface area contributed by atoms with Gasteiger partial charge in [-0.2, -0.15) is 5.26 Å². The summed E-state index contributed by atoms with van der Waals surface area (Å²) in [6, 6.07) is 1.81. The molecule has 0 radical (unpaired) electrons. The van der Waals surface area contributed by atoms with Crippen LogP contribution in [0.3, 0.4) is 0 Å². The van der Waals surface area contributed by atoms with E-state index in [1.807, 2.05) is 0 Å². The van der Waals surface area contributed by atoms with Crippen LogP contribution in [0.1, 0.15) is 6.42 Å². The summed E-state index contributed by atoms with van der Waals surface area (Å²) in [6.07, 6.45) is 1.71. The summed E-state index contributed by atoms with van der Waals surface area (Å²) >= 11 is 0. The molecule has 0 aromatic carbocycles. The van der Waals surface area contributed by atoms with Crippen LogP contribution in [-0.4, -0.2) is 11.0 Å². The predicted octanol–water partition coefficient (Wildman–Crippen LogP) is 0.0455. The first-order valence-electron chi connectivity index (χ1n) is 2.83. The minimum Gasteiger partial charge on any atom is -0.495 e. The van der Waals surface area contributed by atoms with E-state index in [2.05, 4.69) is 5.32 Å². The van der Waals surface area contributed by atoms with Crippen molar-refractivity contribution in [3.63, 3.8) is 0 Å². The number of aliphatic hydroxyl groups is 1. The molecule has 1 amide bonds. The van der Waals surface area contributed by atoms with Gasteiger partial charge in [-0.25, -0.2) is 0 Å². The average Bonchev–Trinajstić information content (AvgIpc) is 1.88. The van der Waals surface area contributed by atoms with Gasteiger partial charge < -0.3 is 5.11 Å². The summed E-state index contributed by atoms with van der Waals surface area (Å²) in [5, 5.41) is 19.2. The Labute approximate surface area is 57.8 Å². The van der Waals surface area contributed by atoms with E-state index in [1.54, 1.807) is 6.07 Å². The number of rotatable bonds is 0. The van der Waals surface area contributed by atoms with E-state index in [9.17, 15) is 4.79 Å². The molecule has 0 bridgehead atoms. The standard InChI is InChI=1S/C6H6N2O2/c7-3-4-1-2-5(9)8-6(4)10/h2,4,9H,1H2,(H,8,10). The second kappa shape index (κ2) is 2.40. The van der Waals surface area contributed by atoms with Gasteiger partial charge in [-0.05, 0) is 12.5 Å². The molecular weight excluding hydrogens is 132 g/mol. The molecular formula is C6H6N2O2. The number of nitriles is 1. The molecule has 0 saturated carbocycles. The van der Waals surface area contributed by atoms with E-state index in [0.717, 1.165) is 0 Å². The van der Waals surface area contributed by atoms with Crippen molar-refractivity contribution < 1.29 is 9.90 Å². The van der Waals surface area contributed by atoms with Gasteiger partial charge in [0.25, 0.3) is 0 Å². The van der Waals surface area contributed by atoms with Crippen molar-refractivity contribution in [2.24, 2.45) is 5.92 Å². The summed E-state index contributed by atoms with van der Waals surface area (Å²) in [7, 11) is 0. The minimum absolute atomic E-state index is 0.156. The Bertz CT molecular complexity index is 226. The van der Waals surface area contributed by atoms with Gasteiger partial charge in [-0.3, -0.25) is 10.1 Å². The Morgan fingerprint density at radius 2 is 2.60 bits per heavy atom. The van der Waals surface area contributed by atoms with Gasteiger partial charge in [0, 0.05) is 0 Å². The zero-order chi connectivity index (χ0) is 7.56. The number of hydrogen-bond acceptors (Lipinski definition) is 3. The van der Waals surface area contributed by atoms with Gasteiger partial charge in [0.05, 0.1) is 6.07 Å². The smallest absolute Gasteiger partial charge is 0.244 e. The second-order valence-electron chi connectivity index (χ2n) is 2.00. The molecule has 1 aliphatic heterocycles. The van der Waals surface area contributed by atoms with Crippen LogP contribution in [0.2, 0.25) is 0 Å². The molecule has 2 N–H and O–H groups in total. The van der Waals surface area contributed by atoms with Gasteiger partial charge in [0.2, 0.25) is 5.91 Å². The van der Waals surface area contributed by atoms with Crippen LogP contribution in [0, 0.1) is 17.2 Å². The van der Waals surface area contributed by atoms with Gasteiger partial charge in [-0.1, -0.05) is 0 Å². The third-order valence-electron chi connectivity index (χ3n) is 1.27. The molecule has 0 aliphatic carbocycles. The topological polar surface area (TPSA) is 73.1 Å². The summed E-state index contributed by atoms with van der Waals surface area (Å²) in [5.74, 6) is -1.23. The van der Waals surface area contributed by atoms with Crippen molar-refractivity contribution in [2.75, 3.05) is 0 Å². The van der Waals surface area contributed by atoms with Crippen molar-refractivity contribution in [1.29, 1.82) is 5.26 Å². The third-order valence-corrected chi connectivity index (χ3v) is 1.27. The molecule has 0 aromatic rings. The summed E-state index contributed by atoms with van der Waals surface area (Å²) < 4.78 is 0. The first-order valence-corrected chi connectivity index (χ1v) is 2.83. The summed E-state index contributed by atoms with van der Waals surface area (Å²) in [6.45, 7) is 0. The Kier molecular flexibility index (Phi) is 1.59. The highest BCUT2D eigenvalue weighted by Gasteiger charge is 2.21. The van der Waals surface area contributed by atoms with Crippen LogP contribution in [0.5, 0.6) is 0 Å². The molecule has 1 atom stereocenters. The van der Waals surface area contributed by atoms with Crippen LogP contribution in [0.4, 0.5) is 0 Å². The third kappa shape index (κ3) is 1.08. The SMILES string of the molecule is N#CC1CC=C(O)NC1=O. The molecule has 10 heavy (non-hydrogen) atoms. The van der Waals surface area contributed by atoms with Gasteiger partial charge in [0.15, 0.2) is 5.88 Å². The molecule has 0 aromatic heterocycles. The highest BCUT2D eigenvalue weighted by atomic mass is 16.3. The van der Waals surface area contributed by atoms with E-state index < -0.39 is 11.8 Å². The molecule has 0 spiro atoms. The van der Waals surface area contributed by atoms with Crippen molar-refractivity contribution in [1.82, 2.24) is 5.32 Å². The molecule has 4 nitrogen and oxygen atoms in total. The zero-order valence-electron chi connectivity index (χ0n) is 5.16. The Hall–Kier alpha value is -1.50. The van der Waals surface area contributed by atoms with Crippen molar-refractivity contribution >= 4 is 5.91 Å². The molecule has 4 heteroatoms. The molecule has 1 rings (SSSR count). The number of carbonyl (C=O) groups excluding carboxylic acids is 1. The zero-order valence-corrected chi connectivity index (χ0v) is 5.16. The molecule has 1 aliphatic rings.